The Bertz CT molecular complexity index is 165. The lowest BCUT2D eigenvalue weighted by molar-refractivity contribution is -0.127. The quantitative estimate of drug-likeness (QED) is 0.334. The van der Waals surface area contributed by atoms with E-state index in [9.17, 15) is 4.57 Å². The van der Waals surface area contributed by atoms with E-state index in [-0.39, 0.29) is 0 Å². The molecule has 0 fully saturated rings. The minimum atomic E-state index is -3.15. The third-order valence-electron chi connectivity index (χ3n) is 1.26. The van der Waals surface area contributed by atoms with E-state index < -0.39 is 33.0 Å². The third-order valence-corrected chi connectivity index (χ3v) is 2.13. The topological polar surface area (TPSA) is 116 Å². The predicted molar refractivity (Wildman–Crippen MR) is 46.5 cm³/mol. The highest BCUT2D eigenvalue weighted by Gasteiger charge is 2.19. The Morgan fingerprint density at radius 3 is 1.43 bits per heavy atom. The monoisotopic (exact) mass is 230 g/mol. The zero-order chi connectivity index (χ0) is 11.3. The molecule has 0 amide bonds. The largest absolute Gasteiger partial charge is 0.388 e. The van der Waals surface area contributed by atoms with E-state index >= 15 is 0 Å². The van der Waals surface area contributed by atoms with E-state index in [1.54, 1.807) is 0 Å². The van der Waals surface area contributed by atoms with Crippen molar-refractivity contribution in [1.82, 2.24) is 0 Å². The summed E-state index contributed by atoms with van der Waals surface area (Å²) >= 11 is 0. The summed E-state index contributed by atoms with van der Waals surface area (Å²) in [7, 11) is -3.15. The molecule has 0 spiro atoms. The summed E-state index contributed by atoms with van der Waals surface area (Å²) in [6.07, 6.45) is -5.75. The minimum absolute atomic E-state index is 1.23. The molecule has 14 heavy (non-hydrogen) atoms. The maximum atomic E-state index is 10.9. The molecule has 0 rings (SSSR count). The van der Waals surface area contributed by atoms with Crippen LogP contribution in [-0.2, 0) is 13.6 Å². The fourth-order valence-electron chi connectivity index (χ4n) is 0.422. The molecule has 86 valence electrons. The molecule has 0 aliphatic heterocycles. The molecule has 0 radical (unpaired) electrons. The highest BCUT2D eigenvalue weighted by molar-refractivity contribution is 7.33. The number of rotatable bonds is 6. The van der Waals surface area contributed by atoms with Gasteiger partial charge in [0.15, 0.2) is 12.6 Å². The van der Waals surface area contributed by atoms with Crippen LogP contribution in [0.4, 0.5) is 0 Å². The molecule has 0 aliphatic rings. The lowest BCUT2D eigenvalue weighted by atomic mass is 10.4. The summed E-state index contributed by atoms with van der Waals surface area (Å²) in [6.45, 7) is 2.45. The zero-order valence-corrected chi connectivity index (χ0v) is 8.82. The molecular weight excluding hydrogens is 215 g/mol. The summed E-state index contributed by atoms with van der Waals surface area (Å²) in [5.74, 6) is 0. The van der Waals surface area contributed by atoms with Gasteiger partial charge in [-0.1, -0.05) is 0 Å². The molecule has 0 bridgehead atoms. The highest BCUT2D eigenvalue weighted by atomic mass is 31.1. The number of hydrogen-bond donors (Lipinski definition) is 4. The van der Waals surface area contributed by atoms with E-state index in [0.29, 0.717) is 0 Å². The second kappa shape index (κ2) is 6.47. The van der Waals surface area contributed by atoms with Crippen molar-refractivity contribution in [2.24, 2.45) is 0 Å². The van der Waals surface area contributed by atoms with Crippen LogP contribution in [0.2, 0.25) is 0 Å². The van der Waals surface area contributed by atoms with Crippen LogP contribution >= 0.6 is 8.25 Å². The summed E-state index contributed by atoms with van der Waals surface area (Å²) < 4.78 is 19.5. The van der Waals surface area contributed by atoms with Crippen molar-refractivity contribution in [2.45, 2.75) is 38.6 Å². The summed E-state index contributed by atoms with van der Waals surface area (Å²) in [4.78, 5) is 0. The van der Waals surface area contributed by atoms with Crippen molar-refractivity contribution < 1.29 is 34.0 Å². The molecule has 0 aliphatic carbocycles. The maximum Gasteiger partial charge on any atom is 0.323 e. The Balaban J connectivity index is 3.87. The molecule has 4 atom stereocenters. The van der Waals surface area contributed by atoms with Crippen LogP contribution < -0.4 is 0 Å². The van der Waals surface area contributed by atoms with Crippen molar-refractivity contribution >= 4 is 8.25 Å². The van der Waals surface area contributed by atoms with E-state index in [0.717, 1.165) is 0 Å². The van der Waals surface area contributed by atoms with Crippen LogP contribution in [0.1, 0.15) is 13.8 Å². The van der Waals surface area contributed by atoms with Gasteiger partial charge in [0.25, 0.3) is 0 Å². The van der Waals surface area contributed by atoms with Crippen molar-refractivity contribution in [1.29, 1.82) is 0 Å². The van der Waals surface area contributed by atoms with Gasteiger partial charge in [0, 0.05) is 0 Å². The Kier molecular flexibility index (Phi) is 6.46. The van der Waals surface area contributed by atoms with Crippen molar-refractivity contribution in [3.05, 3.63) is 0 Å². The Hall–Kier alpha value is -0.0100. The third kappa shape index (κ3) is 5.66. The molecule has 7 nitrogen and oxygen atoms in total. The summed E-state index contributed by atoms with van der Waals surface area (Å²) in [5.41, 5.74) is 0. The fourth-order valence-corrected chi connectivity index (χ4v) is 1.27. The molecule has 0 aromatic heterocycles. The Morgan fingerprint density at radius 2 is 1.21 bits per heavy atom. The van der Waals surface area contributed by atoms with E-state index in [4.69, 9.17) is 20.4 Å². The molecule has 0 heterocycles. The first-order valence-corrected chi connectivity index (χ1v) is 5.16. The SMILES string of the molecule is C[C@H](O)[C@@H](O)O[PH](=O)O[C@H](O)[C@H](C)O. The van der Waals surface area contributed by atoms with Gasteiger partial charge in [0.05, 0.1) is 0 Å². The lowest BCUT2D eigenvalue weighted by Crippen LogP contribution is -2.26. The zero-order valence-electron chi connectivity index (χ0n) is 7.82. The van der Waals surface area contributed by atoms with E-state index in [2.05, 4.69) is 9.05 Å². The van der Waals surface area contributed by atoms with Gasteiger partial charge in [-0.25, -0.2) is 0 Å². The van der Waals surface area contributed by atoms with Crippen LogP contribution in [-0.4, -0.2) is 45.2 Å². The first-order chi connectivity index (χ1) is 6.34. The number of aliphatic hydroxyl groups is 4. The van der Waals surface area contributed by atoms with Gasteiger partial charge in [-0.3, -0.25) is 13.6 Å². The smallest absolute Gasteiger partial charge is 0.323 e. The molecule has 0 unspecified atom stereocenters. The lowest BCUT2D eigenvalue weighted by Gasteiger charge is -2.17. The van der Waals surface area contributed by atoms with Gasteiger partial charge in [-0.15, -0.1) is 0 Å². The molecule has 8 heteroatoms. The van der Waals surface area contributed by atoms with Crippen molar-refractivity contribution in [3.63, 3.8) is 0 Å². The normalized spacial score (nSPS) is 20.5. The van der Waals surface area contributed by atoms with Crippen LogP contribution in [0.3, 0.4) is 0 Å². The average Bonchev–Trinajstić information content (AvgIpc) is 2.03. The molecule has 0 aromatic carbocycles. The van der Waals surface area contributed by atoms with E-state index in [1.165, 1.54) is 13.8 Å². The second-order valence-electron chi connectivity index (χ2n) is 2.75. The van der Waals surface area contributed by atoms with Gasteiger partial charge in [-0.05, 0) is 13.8 Å². The van der Waals surface area contributed by atoms with Crippen LogP contribution in [0.15, 0.2) is 0 Å². The standard InChI is InChI=1S/C6H15O7P/c1-3(7)5(9)12-14(11)13-6(10)4(2)8/h3-10,14H,1-2H3/t3-,4-,5-,6-/m0/s1. The average molecular weight is 230 g/mol. The van der Waals surface area contributed by atoms with Crippen LogP contribution in [0.5, 0.6) is 0 Å². The molecule has 0 saturated carbocycles. The van der Waals surface area contributed by atoms with E-state index in [1.807, 2.05) is 0 Å². The summed E-state index contributed by atoms with van der Waals surface area (Å²) in [5, 5.41) is 35.3. The van der Waals surface area contributed by atoms with Gasteiger partial charge >= 0.3 is 8.25 Å². The number of aliphatic hydroxyl groups excluding tert-OH is 4. The second-order valence-corrected chi connectivity index (χ2v) is 3.72. The van der Waals surface area contributed by atoms with Crippen molar-refractivity contribution in [3.8, 4) is 0 Å². The van der Waals surface area contributed by atoms with Gasteiger partial charge in [0.2, 0.25) is 0 Å². The summed E-state index contributed by atoms with van der Waals surface area (Å²) in [6, 6.07) is 0. The van der Waals surface area contributed by atoms with Gasteiger partial charge in [-0.2, -0.15) is 0 Å². The Labute approximate surface area is 81.8 Å². The van der Waals surface area contributed by atoms with Crippen LogP contribution in [0.25, 0.3) is 0 Å². The fraction of sp³-hybridized carbons (Fsp3) is 1.00. The van der Waals surface area contributed by atoms with Gasteiger partial charge in [0.1, 0.15) is 12.2 Å². The first-order valence-electron chi connectivity index (χ1n) is 3.94. The molecule has 0 aromatic rings. The molecule has 4 N–H and O–H groups in total. The first kappa shape index (κ1) is 14.0. The van der Waals surface area contributed by atoms with Gasteiger partial charge < -0.3 is 20.4 Å². The Morgan fingerprint density at radius 1 is 0.929 bits per heavy atom. The molecule has 0 saturated heterocycles. The van der Waals surface area contributed by atoms with Crippen LogP contribution in [0, 0.1) is 0 Å². The number of hydrogen-bond acceptors (Lipinski definition) is 7. The molecular formula is C6H15O7P. The minimum Gasteiger partial charge on any atom is -0.388 e. The predicted octanol–water partition coefficient (Wildman–Crippen LogP) is -1.19. The van der Waals surface area contributed by atoms with Crippen molar-refractivity contribution in [2.75, 3.05) is 0 Å². The highest BCUT2D eigenvalue weighted by Crippen LogP contribution is 2.28. The maximum absolute atomic E-state index is 10.9.